The molecule has 136 valence electrons. The molecule has 1 saturated heterocycles. The lowest BCUT2D eigenvalue weighted by atomic mass is 10.1. The largest absolute Gasteiger partial charge is 0.348 e. The molecule has 1 aromatic heterocycles. The van der Waals surface area contributed by atoms with Gasteiger partial charge in [-0.15, -0.1) is 0 Å². The molecule has 3 N–H and O–H groups in total. The lowest BCUT2D eigenvalue weighted by molar-refractivity contribution is 0.0895. The van der Waals surface area contributed by atoms with Crippen molar-refractivity contribution in [2.75, 3.05) is 13.1 Å². The van der Waals surface area contributed by atoms with Crippen molar-refractivity contribution in [2.45, 2.75) is 25.4 Å². The van der Waals surface area contributed by atoms with Gasteiger partial charge in [0, 0.05) is 25.0 Å². The third kappa shape index (κ3) is 4.60. The van der Waals surface area contributed by atoms with E-state index in [0.29, 0.717) is 0 Å². The van der Waals surface area contributed by atoms with Crippen molar-refractivity contribution in [1.82, 2.24) is 25.9 Å². The number of hydrogen-bond donors (Lipinski definition) is 3. The Morgan fingerprint density at radius 2 is 1.65 bits per heavy atom. The Morgan fingerprint density at radius 3 is 2.31 bits per heavy atom. The molecule has 0 saturated carbocycles. The highest BCUT2D eigenvalue weighted by atomic mass is 19.1. The quantitative estimate of drug-likeness (QED) is 0.743. The summed E-state index contributed by atoms with van der Waals surface area (Å²) in [6.07, 6.45) is 4.42. The molecule has 2 heterocycles. The predicted molar refractivity (Wildman–Crippen MR) is 93.0 cm³/mol. The molecule has 26 heavy (non-hydrogen) atoms. The lowest BCUT2D eigenvalue weighted by Gasteiger charge is -2.23. The molecule has 0 bridgehead atoms. The summed E-state index contributed by atoms with van der Waals surface area (Å²) in [5.41, 5.74) is 0.716. The molecule has 1 aromatic carbocycles. The molecular weight excluding hydrogens is 337 g/mol. The summed E-state index contributed by atoms with van der Waals surface area (Å²) in [4.78, 5) is 33.0. The third-order valence-corrected chi connectivity index (χ3v) is 4.17. The van der Waals surface area contributed by atoms with Gasteiger partial charge in [-0.05, 0) is 43.6 Å². The number of carbonyl (C=O) groups excluding carboxylic acids is 2. The van der Waals surface area contributed by atoms with E-state index in [9.17, 15) is 14.0 Å². The Hall–Kier alpha value is -2.87. The summed E-state index contributed by atoms with van der Waals surface area (Å²) in [6.45, 7) is 1.89. The molecule has 1 aliphatic heterocycles. The van der Waals surface area contributed by atoms with Crippen LogP contribution in [0.25, 0.3) is 0 Å². The van der Waals surface area contributed by atoms with Gasteiger partial charge in [0.25, 0.3) is 11.8 Å². The molecule has 1 fully saturated rings. The molecule has 2 aromatic rings. The number of amides is 2. The van der Waals surface area contributed by atoms with Crippen LogP contribution in [0.1, 0.15) is 39.4 Å². The number of carbonyl (C=O) groups is 2. The van der Waals surface area contributed by atoms with Gasteiger partial charge < -0.3 is 16.0 Å². The highest BCUT2D eigenvalue weighted by Crippen LogP contribution is 2.08. The monoisotopic (exact) mass is 357 g/mol. The lowest BCUT2D eigenvalue weighted by Crippen LogP contribution is -2.43. The molecule has 0 radical (unpaired) electrons. The highest BCUT2D eigenvalue weighted by Gasteiger charge is 2.23. The zero-order valence-electron chi connectivity index (χ0n) is 14.2. The van der Waals surface area contributed by atoms with Crippen molar-refractivity contribution in [3.8, 4) is 0 Å². The van der Waals surface area contributed by atoms with E-state index in [0.717, 1.165) is 31.5 Å². The van der Waals surface area contributed by atoms with Crippen LogP contribution in [0.3, 0.4) is 0 Å². The number of halogens is 1. The topological polar surface area (TPSA) is 96.0 Å². The van der Waals surface area contributed by atoms with Crippen molar-refractivity contribution in [1.29, 1.82) is 0 Å². The Balaban J connectivity index is 1.66. The molecule has 0 unspecified atom stereocenters. The number of rotatable bonds is 5. The molecule has 3 rings (SSSR count). The molecular formula is C18H20FN5O2. The number of nitrogens with one attached hydrogen (secondary N) is 3. The minimum atomic E-state index is -0.502. The van der Waals surface area contributed by atoms with Crippen molar-refractivity contribution in [2.24, 2.45) is 0 Å². The minimum absolute atomic E-state index is 0.00244. The van der Waals surface area contributed by atoms with Crippen LogP contribution in [0, 0.1) is 5.82 Å². The fourth-order valence-electron chi connectivity index (χ4n) is 2.76. The first kappa shape index (κ1) is 17.9. The van der Waals surface area contributed by atoms with Gasteiger partial charge in [0.1, 0.15) is 5.82 Å². The third-order valence-electron chi connectivity index (χ3n) is 4.17. The van der Waals surface area contributed by atoms with Crippen molar-refractivity contribution >= 4 is 11.8 Å². The summed E-state index contributed by atoms with van der Waals surface area (Å²) in [7, 11) is 0. The van der Waals surface area contributed by atoms with E-state index in [2.05, 4.69) is 25.9 Å². The van der Waals surface area contributed by atoms with Gasteiger partial charge in [-0.25, -0.2) is 14.4 Å². The zero-order valence-corrected chi connectivity index (χ0v) is 14.2. The maximum absolute atomic E-state index is 12.9. The Labute approximate surface area is 150 Å². The summed E-state index contributed by atoms with van der Waals surface area (Å²) < 4.78 is 12.9. The van der Waals surface area contributed by atoms with E-state index in [1.807, 2.05) is 0 Å². The maximum Gasteiger partial charge on any atom is 0.272 e. The number of benzene rings is 1. The first-order valence-electron chi connectivity index (χ1n) is 8.48. The smallest absolute Gasteiger partial charge is 0.272 e. The summed E-state index contributed by atoms with van der Waals surface area (Å²) >= 11 is 0. The van der Waals surface area contributed by atoms with Crippen LogP contribution in [0.5, 0.6) is 0 Å². The second-order valence-corrected chi connectivity index (χ2v) is 6.06. The molecule has 0 atom stereocenters. The SMILES string of the molecule is O=C(NCc1ccc(F)cc1)c1nccnc1C(=O)NC1CCNCC1. The van der Waals surface area contributed by atoms with Crippen LogP contribution in [0.2, 0.25) is 0 Å². The first-order chi connectivity index (χ1) is 12.6. The number of hydrogen-bond acceptors (Lipinski definition) is 5. The molecule has 7 nitrogen and oxygen atoms in total. The van der Waals surface area contributed by atoms with Crippen molar-refractivity contribution in [3.05, 3.63) is 59.4 Å². The molecule has 8 heteroatoms. The van der Waals surface area contributed by atoms with E-state index in [1.165, 1.54) is 24.5 Å². The minimum Gasteiger partial charge on any atom is -0.348 e. The number of piperidine rings is 1. The standard InChI is InChI=1S/C18H20FN5O2/c19-13-3-1-12(2-4-13)11-23-17(25)15-16(22-10-9-21-15)18(26)24-14-5-7-20-8-6-14/h1-4,9-10,14,20H,5-8,11H2,(H,23,25)(H,24,26). The number of aromatic nitrogens is 2. The maximum atomic E-state index is 12.9. The Bertz CT molecular complexity index is 775. The van der Waals surface area contributed by atoms with Gasteiger partial charge >= 0.3 is 0 Å². The first-order valence-corrected chi connectivity index (χ1v) is 8.48. The second kappa shape index (κ2) is 8.48. The summed E-state index contributed by atoms with van der Waals surface area (Å²) in [5.74, 6) is -1.25. The van der Waals surface area contributed by atoms with E-state index >= 15 is 0 Å². The van der Waals surface area contributed by atoms with Gasteiger partial charge in [0.2, 0.25) is 0 Å². The normalized spacial score (nSPS) is 14.7. The van der Waals surface area contributed by atoms with Gasteiger partial charge in [0.15, 0.2) is 11.4 Å². The van der Waals surface area contributed by atoms with Crippen LogP contribution in [0.15, 0.2) is 36.7 Å². The second-order valence-electron chi connectivity index (χ2n) is 6.06. The summed E-state index contributed by atoms with van der Waals surface area (Å²) in [5, 5.41) is 8.81. The van der Waals surface area contributed by atoms with Gasteiger partial charge in [-0.2, -0.15) is 0 Å². The average molecular weight is 357 g/mol. The van der Waals surface area contributed by atoms with Gasteiger partial charge in [-0.1, -0.05) is 12.1 Å². The van der Waals surface area contributed by atoms with Crippen LogP contribution in [-0.4, -0.2) is 40.9 Å². The molecule has 1 aliphatic rings. The van der Waals surface area contributed by atoms with E-state index in [1.54, 1.807) is 12.1 Å². The molecule has 0 spiro atoms. The van der Waals surface area contributed by atoms with Crippen molar-refractivity contribution < 1.29 is 14.0 Å². The Morgan fingerprint density at radius 1 is 1.04 bits per heavy atom. The highest BCUT2D eigenvalue weighted by molar-refractivity contribution is 6.04. The fourth-order valence-corrected chi connectivity index (χ4v) is 2.76. The van der Waals surface area contributed by atoms with Crippen LogP contribution >= 0.6 is 0 Å². The fraction of sp³-hybridized carbons (Fsp3) is 0.333. The zero-order chi connectivity index (χ0) is 18.4. The molecule has 2 amide bonds. The van der Waals surface area contributed by atoms with Gasteiger partial charge in [0.05, 0.1) is 0 Å². The average Bonchev–Trinajstić information content (AvgIpc) is 2.68. The van der Waals surface area contributed by atoms with E-state index in [-0.39, 0.29) is 29.8 Å². The van der Waals surface area contributed by atoms with Crippen LogP contribution in [0.4, 0.5) is 4.39 Å². The van der Waals surface area contributed by atoms with E-state index < -0.39 is 11.8 Å². The van der Waals surface area contributed by atoms with E-state index in [4.69, 9.17) is 0 Å². The molecule has 0 aliphatic carbocycles. The predicted octanol–water partition coefficient (Wildman–Crippen LogP) is 1.03. The summed E-state index contributed by atoms with van der Waals surface area (Å²) in [6, 6.07) is 5.86. The number of nitrogens with zero attached hydrogens (tertiary/aromatic N) is 2. The van der Waals surface area contributed by atoms with Gasteiger partial charge in [-0.3, -0.25) is 9.59 Å². The Kier molecular flexibility index (Phi) is 5.85. The van der Waals surface area contributed by atoms with Crippen LogP contribution < -0.4 is 16.0 Å². The van der Waals surface area contributed by atoms with Crippen LogP contribution in [-0.2, 0) is 6.54 Å². The van der Waals surface area contributed by atoms with Crippen molar-refractivity contribution in [3.63, 3.8) is 0 Å².